The van der Waals surface area contributed by atoms with Crippen LogP contribution in [0.2, 0.25) is 0 Å². The number of nitrogens with one attached hydrogen (secondary N) is 1. The first-order valence-corrected chi connectivity index (χ1v) is 6.63. The van der Waals surface area contributed by atoms with Crippen molar-refractivity contribution in [2.24, 2.45) is 0 Å². The summed E-state index contributed by atoms with van der Waals surface area (Å²) in [4.78, 5) is 8.36. The number of anilines is 1. The van der Waals surface area contributed by atoms with Crippen molar-refractivity contribution < 1.29 is 4.74 Å². The Morgan fingerprint density at radius 1 is 1.21 bits per heavy atom. The molecule has 19 heavy (non-hydrogen) atoms. The van der Waals surface area contributed by atoms with Crippen LogP contribution in [-0.4, -0.2) is 29.2 Å². The van der Waals surface area contributed by atoms with Crippen LogP contribution in [-0.2, 0) is 4.74 Å². The Labute approximate surface area is 112 Å². The number of rotatable bonds is 4. The van der Waals surface area contributed by atoms with E-state index in [1.807, 2.05) is 30.6 Å². The number of hydrogen-bond donors (Lipinski definition) is 1. The zero-order valence-electron chi connectivity index (χ0n) is 10.7. The Morgan fingerprint density at radius 2 is 2.16 bits per heavy atom. The number of pyridine rings is 2. The maximum atomic E-state index is 5.63. The van der Waals surface area contributed by atoms with Gasteiger partial charge in [-0.25, -0.2) is 0 Å². The lowest BCUT2D eigenvalue weighted by atomic mass is 10.1. The van der Waals surface area contributed by atoms with E-state index >= 15 is 0 Å². The molecular weight excluding hydrogens is 238 g/mol. The number of nitrogens with zero attached hydrogens (tertiary/aromatic N) is 2. The van der Waals surface area contributed by atoms with E-state index in [1.54, 1.807) is 12.4 Å². The smallest absolute Gasteiger partial charge is 0.0748 e. The molecule has 1 atom stereocenters. The molecule has 0 bridgehead atoms. The van der Waals surface area contributed by atoms with Crippen molar-refractivity contribution in [3.8, 4) is 11.1 Å². The molecule has 1 aliphatic heterocycles. The Kier molecular flexibility index (Phi) is 3.70. The minimum atomic E-state index is 0.329. The molecule has 0 amide bonds. The molecule has 1 N–H and O–H groups in total. The van der Waals surface area contributed by atoms with E-state index in [1.165, 1.54) is 0 Å². The molecule has 0 saturated carbocycles. The van der Waals surface area contributed by atoms with Gasteiger partial charge in [-0.3, -0.25) is 9.97 Å². The molecular formula is C15H17N3O. The van der Waals surface area contributed by atoms with Crippen molar-refractivity contribution in [3.05, 3.63) is 43.0 Å². The standard InChI is InChI=1S/C15H17N3O/c1-3-12(9-16-6-1)14-11-17-7-5-15(14)18-10-13-4-2-8-19-13/h1,3,5-7,9,11,13H,2,4,8,10H2,(H,17,18). The average Bonchev–Trinajstić information content (AvgIpc) is 3.00. The van der Waals surface area contributed by atoms with Crippen LogP contribution in [0.15, 0.2) is 43.0 Å². The SMILES string of the molecule is c1cncc(-c2cnccc2NCC2CCCO2)c1. The zero-order chi connectivity index (χ0) is 12.9. The predicted molar refractivity (Wildman–Crippen MR) is 74.9 cm³/mol. The summed E-state index contributed by atoms with van der Waals surface area (Å²) in [6.45, 7) is 1.73. The Morgan fingerprint density at radius 3 is 2.95 bits per heavy atom. The monoisotopic (exact) mass is 255 g/mol. The summed E-state index contributed by atoms with van der Waals surface area (Å²) >= 11 is 0. The van der Waals surface area contributed by atoms with E-state index in [0.717, 1.165) is 42.8 Å². The molecule has 1 unspecified atom stereocenters. The Bertz CT molecular complexity index is 524. The average molecular weight is 255 g/mol. The fourth-order valence-corrected chi connectivity index (χ4v) is 2.33. The van der Waals surface area contributed by atoms with Gasteiger partial charge in [-0.1, -0.05) is 6.07 Å². The van der Waals surface area contributed by atoms with E-state index in [2.05, 4.69) is 15.3 Å². The molecule has 1 aliphatic rings. The van der Waals surface area contributed by atoms with E-state index in [4.69, 9.17) is 4.74 Å². The fourth-order valence-electron chi connectivity index (χ4n) is 2.33. The number of ether oxygens (including phenoxy) is 1. The third-order valence-electron chi connectivity index (χ3n) is 3.34. The van der Waals surface area contributed by atoms with Crippen LogP contribution in [0, 0.1) is 0 Å². The van der Waals surface area contributed by atoms with Gasteiger partial charge in [0, 0.05) is 54.8 Å². The van der Waals surface area contributed by atoms with Gasteiger partial charge < -0.3 is 10.1 Å². The molecule has 4 heteroatoms. The van der Waals surface area contributed by atoms with Crippen molar-refractivity contribution in [1.29, 1.82) is 0 Å². The van der Waals surface area contributed by atoms with Gasteiger partial charge in [-0.05, 0) is 25.0 Å². The van der Waals surface area contributed by atoms with Crippen molar-refractivity contribution in [2.45, 2.75) is 18.9 Å². The summed E-state index contributed by atoms with van der Waals surface area (Å²) in [6.07, 6.45) is 9.94. The van der Waals surface area contributed by atoms with Crippen LogP contribution in [0.4, 0.5) is 5.69 Å². The molecule has 0 radical (unpaired) electrons. The summed E-state index contributed by atoms with van der Waals surface area (Å²) in [5.74, 6) is 0. The molecule has 2 aromatic heterocycles. The van der Waals surface area contributed by atoms with Crippen molar-refractivity contribution >= 4 is 5.69 Å². The fraction of sp³-hybridized carbons (Fsp3) is 0.333. The first kappa shape index (κ1) is 12.1. The highest BCUT2D eigenvalue weighted by molar-refractivity contribution is 5.76. The molecule has 3 heterocycles. The largest absolute Gasteiger partial charge is 0.382 e. The molecule has 0 aromatic carbocycles. The quantitative estimate of drug-likeness (QED) is 0.912. The molecule has 0 aliphatic carbocycles. The zero-order valence-corrected chi connectivity index (χ0v) is 10.7. The maximum Gasteiger partial charge on any atom is 0.0748 e. The second-order valence-corrected chi connectivity index (χ2v) is 4.68. The van der Waals surface area contributed by atoms with Crippen LogP contribution >= 0.6 is 0 Å². The van der Waals surface area contributed by atoms with Gasteiger partial charge in [0.1, 0.15) is 0 Å². The lowest BCUT2D eigenvalue weighted by Crippen LogP contribution is -2.18. The topological polar surface area (TPSA) is 47.0 Å². The molecule has 98 valence electrons. The third-order valence-corrected chi connectivity index (χ3v) is 3.34. The van der Waals surface area contributed by atoms with E-state index in [-0.39, 0.29) is 0 Å². The van der Waals surface area contributed by atoms with E-state index in [0.29, 0.717) is 6.10 Å². The Hall–Kier alpha value is -1.94. The van der Waals surface area contributed by atoms with Gasteiger partial charge in [0.05, 0.1) is 6.10 Å². The number of hydrogen-bond acceptors (Lipinski definition) is 4. The van der Waals surface area contributed by atoms with Crippen LogP contribution < -0.4 is 5.32 Å². The van der Waals surface area contributed by atoms with E-state index < -0.39 is 0 Å². The second kappa shape index (κ2) is 5.80. The van der Waals surface area contributed by atoms with Crippen LogP contribution in [0.1, 0.15) is 12.8 Å². The molecule has 1 saturated heterocycles. The van der Waals surface area contributed by atoms with Crippen LogP contribution in [0.5, 0.6) is 0 Å². The maximum absolute atomic E-state index is 5.63. The minimum Gasteiger partial charge on any atom is -0.382 e. The predicted octanol–water partition coefficient (Wildman–Crippen LogP) is 2.73. The van der Waals surface area contributed by atoms with Crippen LogP contribution in [0.3, 0.4) is 0 Å². The normalized spacial score (nSPS) is 18.4. The Balaban J connectivity index is 1.77. The van der Waals surface area contributed by atoms with E-state index in [9.17, 15) is 0 Å². The van der Waals surface area contributed by atoms with Crippen molar-refractivity contribution in [2.75, 3.05) is 18.5 Å². The molecule has 1 fully saturated rings. The van der Waals surface area contributed by atoms with Gasteiger partial charge in [-0.15, -0.1) is 0 Å². The van der Waals surface area contributed by atoms with Gasteiger partial charge >= 0.3 is 0 Å². The lowest BCUT2D eigenvalue weighted by Gasteiger charge is -2.14. The van der Waals surface area contributed by atoms with Gasteiger partial charge in [0.15, 0.2) is 0 Å². The second-order valence-electron chi connectivity index (χ2n) is 4.68. The first-order valence-electron chi connectivity index (χ1n) is 6.63. The lowest BCUT2D eigenvalue weighted by molar-refractivity contribution is 0.120. The third kappa shape index (κ3) is 2.90. The summed E-state index contributed by atoms with van der Waals surface area (Å²) in [5.41, 5.74) is 3.23. The minimum absolute atomic E-state index is 0.329. The first-order chi connectivity index (χ1) is 9.43. The van der Waals surface area contributed by atoms with Gasteiger partial charge in [0.2, 0.25) is 0 Å². The summed E-state index contributed by atoms with van der Waals surface area (Å²) in [6, 6.07) is 5.98. The highest BCUT2D eigenvalue weighted by atomic mass is 16.5. The van der Waals surface area contributed by atoms with Gasteiger partial charge in [-0.2, -0.15) is 0 Å². The van der Waals surface area contributed by atoms with Gasteiger partial charge in [0.25, 0.3) is 0 Å². The highest BCUT2D eigenvalue weighted by Gasteiger charge is 2.15. The van der Waals surface area contributed by atoms with Crippen molar-refractivity contribution in [3.63, 3.8) is 0 Å². The molecule has 4 nitrogen and oxygen atoms in total. The molecule has 0 spiro atoms. The number of aromatic nitrogens is 2. The molecule has 2 aromatic rings. The highest BCUT2D eigenvalue weighted by Crippen LogP contribution is 2.26. The summed E-state index contributed by atoms with van der Waals surface area (Å²) in [5, 5.41) is 3.46. The molecule has 3 rings (SSSR count). The summed E-state index contributed by atoms with van der Waals surface area (Å²) in [7, 11) is 0. The summed E-state index contributed by atoms with van der Waals surface area (Å²) < 4.78 is 5.63. The van der Waals surface area contributed by atoms with Crippen LogP contribution in [0.25, 0.3) is 11.1 Å². The van der Waals surface area contributed by atoms with Crippen molar-refractivity contribution in [1.82, 2.24) is 9.97 Å².